The van der Waals surface area contributed by atoms with E-state index < -0.39 is 4.92 Å². The van der Waals surface area contributed by atoms with Gasteiger partial charge < -0.3 is 15.0 Å². The summed E-state index contributed by atoms with van der Waals surface area (Å²) in [5.41, 5.74) is 1.28. The number of amides is 1. The number of hydrogen-bond acceptors (Lipinski definition) is 6. The van der Waals surface area contributed by atoms with Crippen molar-refractivity contribution in [1.29, 1.82) is 0 Å². The first kappa shape index (κ1) is 20.8. The predicted molar refractivity (Wildman–Crippen MR) is 110 cm³/mol. The smallest absolute Gasteiger partial charge is 0.270 e. The number of nitro groups is 1. The molecule has 1 aliphatic rings. The van der Waals surface area contributed by atoms with Gasteiger partial charge in [0.15, 0.2) is 0 Å². The highest BCUT2D eigenvalue weighted by atomic mass is 16.6. The van der Waals surface area contributed by atoms with Gasteiger partial charge in [0.25, 0.3) is 11.6 Å². The summed E-state index contributed by atoms with van der Waals surface area (Å²) in [7, 11) is 3.73. The quantitative estimate of drug-likeness (QED) is 0.569. The normalized spacial score (nSPS) is 16.2. The second-order valence-corrected chi connectivity index (χ2v) is 7.15. The number of piperazine rings is 1. The third kappa shape index (κ3) is 5.30. The zero-order valence-electron chi connectivity index (χ0n) is 16.7. The number of rotatable bonds is 7. The summed E-state index contributed by atoms with van der Waals surface area (Å²) in [5.74, 6) is 0.466. The molecule has 1 atom stereocenters. The lowest BCUT2D eigenvalue weighted by Gasteiger charge is -2.38. The summed E-state index contributed by atoms with van der Waals surface area (Å²) in [4.78, 5) is 27.7. The lowest BCUT2D eigenvalue weighted by atomic mass is 10.0. The van der Waals surface area contributed by atoms with Gasteiger partial charge in [-0.1, -0.05) is 18.2 Å². The average Bonchev–Trinajstić information content (AvgIpc) is 2.75. The van der Waals surface area contributed by atoms with E-state index >= 15 is 0 Å². The lowest BCUT2D eigenvalue weighted by molar-refractivity contribution is -0.384. The Bertz CT molecular complexity index is 848. The van der Waals surface area contributed by atoms with E-state index in [0.717, 1.165) is 37.5 Å². The van der Waals surface area contributed by atoms with Gasteiger partial charge in [-0.3, -0.25) is 19.8 Å². The molecule has 29 heavy (non-hydrogen) atoms. The van der Waals surface area contributed by atoms with Crippen LogP contribution < -0.4 is 10.1 Å². The Hall–Kier alpha value is -2.97. The molecule has 1 aliphatic heterocycles. The van der Waals surface area contributed by atoms with Gasteiger partial charge >= 0.3 is 0 Å². The van der Waals surface area contributed by atoms with Crippen molar-refractivity contribution in [3.63, 3.8) is 0 Å². The van der Waals surface area contributed by atoms with Crippen molar-refractivity contribution in [2.75, 3.05) is 46.9 Å². The number of methoxy groups -OCH3 is 1. The van der Waals surface area contributed by atoms with Crippen LogP contribution in [-0.2, 0) is 0 Å². The van der Waals surface area contributed by atoms with E-state index in [-0.39, 0.29) is 23.2 Å². The van der Waals surface area contributed by atoms with Gasteiger partial charge in [-0.2, -0.15) is 0 Å². The van der Waals surface area contributed by atoms with E-state index in [2.05, 4.69) is 22.2 Å². The van der Waals surface area contributed by atoms with Crippen LogP contribution in [0.5, 0.6) is 5.75 Å². The molecule has 1 amide bonds. The van der Waals surface area contributed by atoms with Crippen LogP contribution in [-0.4, -0.2) is 67.5 Å². The molecule has 1 unspecified atom stereocenters. The molecule has 1 N–H and O–H groups in total. The first-order chi connectivity index (χ1) is 14.0. The van der Waals surface area contributed by atoms with E-state index in [1.165, 1.54) is 18.2 Å². The fraction of sp³-hybridized carbons (Fsp3) is 0.381. The van der Waals surface area contributed by atoms with Crippen LogP contribution in [0.25, 0.3) is 0 Å². The number of nitro benzene ring substituents is 1. The minimum atomic E-state index is -0.499. The highest BCUT2D eigenvalue weighted by Gasteiger charge is 2.25. The molecule has 3 rings (SSSR count). The summed E-state index contributed by atoms with van der Waals surface area (Å²) >= 11 is 0. The fourth-order valence-electron chi connectivity index (χ4n) is 3.47. The van der Waals surface area contributed by atoms with Gasteiger partial charge in [0, 0.05) is 50.4 Å². The minimum Gasteiger partial charge on any atom is -0.497 e. The average molecular weight is 398 g/mol. The molecule has 2 aromatic carbocycles. The van der Waals surface area contributed by atoms with E-state index in [4.69, 9.17) is 4.74 Å². The van der Waals surface area contributed by atoms with Crippen molar-refractivity contribution >= 4 is 11.6 Å². The van der Waals surface area contributed by atoms with Crippen molar-refractivity contribution in [2.45, 2.75) is 6.04 Å². The van der Waals surface area contributed by atoms with Crippen LogP contribution in [0.15, 0.2) is 48.5 Å². The molecule has 0 bridgehead atoms. The Morgan fingerprint density at radius 1 is 1.17 bits per heavy atom. The Balaban J connectivity index is 1.74. The molecular weight excluding hydrogens is 372 g/mol. The maximum absolute atomic E-state index is 12.6. The molecule has 2 aromatic rings. The first-order valence-corrected chi connectivity index (χ1v) is 9.57. The number of carbonyl (C=O) groups is 1. The Morgan fingerprint density at radius 2 is 1.86 bits per heavy atom. The molecule has 0 aromatic heterocycles. The topological polar surface area (TPSA) is 87.9 Å². The molecule has 1 fully saturated rings. The lowest BCUT2D eigenvalue weighted by Crippen LogP contribution is -2.48. The Kier molecular flexibility index (Phi) is 6.79. The molecular formula is C21H26N4O4. The Labute approximate surface area is 170 Å². The van der Waals surface area contributed by atoms with Gasteiger partial charge in [0.1, 0.15) is 5.75 Å². The number of non-ortho nitro benzene ring substituents is 1. The van der Waals surface area contributed by atoms with Gasteiger partial charge in [0.2, 0.25) is 0 Å². The minimum absolute atomic E-state index is 0.0113. The van der Waals surface area contributed by atoms with Crippen LogP contribution in [0.1, 0.15) is 22.0 Å². The van der Waals surface area contributed by atoms with E-state index in [1.54, 1.807) is 13.2 Å². The van der Waals surface area contributed by atoms with Crippen molar-refractivity contribution < 1.29 is 14.5 Å². The highest BCUT2D eigenvalue weighted by molar-refractivity contribution is 5.94. The summed E-state index contributed by atoms with van der Waals surface area (Å²) in [6.45, 7) is 4.15. The number of carbonyl (C=O) groups excluding carboxylic acids is 1. The number of nitrogens with one attached hydrogen (secondary N) is 1. The van der Waals surface area contributed by atoms with Crippen LogP contribution in [0, 0.1) is 10.1 Å². The fourth-order valence-corrected chi connectivity index (χ4v) is 3.47. The maximum Gasteiger partial charge on any atom is 0.270 e. The number of hydrogen-bond donors (Lipinski definition) is 1. The number of nitrogens with zero attached hydrogens (tertiary/aromatic N) is 3. The summed E-state index contributed by atoms with van der Waals surface area (Å²) < 4.78 is 5.25. The molecule has 1 saturated heterocycles. The van der Waals surface area contributed by atoms with Crippen LogP contribution in [0.4, 0.5) is 5.69 Å². The van der Waals surface area contributed by atoms with Crippen LogP contribution in [0.3, 0.4) is 0 Å². The third-order valence-corrected chi connectivity index (χ3v) is 5.25. The number of ether oxygens (including phenoxy) is 1. The summed E-state index contributed by atoms with van der Waals surface area (Å²) in [6, 6.07) is 13.7. The van der Waals surface area contributed by atoms with Gasteiger partial charge in [-0.05, 0) is 30.8 Å². The molecule has 8 heteroatoms. The van der Waals surface area contributed by atoms with Crippen molar-refractivity contribution in [1.82, 2.24) is 15.1 Å². The van der Waals surface area contributed by atoms with E-state index in [1.807, 2.05) is 24.3 Å². The molecule has 0 saturated carbocycles. The second-order valence-electron chi connectivity index (χ2n) is 7.15. The third-order valence-electron chi connectivity index (χ3n) is 5.25. The van der Waals surface area contributed by atoms with Crippen LogP contribution >= 0.6 is 0 Å². The van der Waals surface area contributed by atoms with Crippen molar-refractivity contribution in [2.24, 2.45) is 0 Å². The predicted octanol–water partition coefficient (Wildman–Crippen LogP) is 2.32. The van der Waals surface area contributed by atoms with Crippen molar-refractivity contribution in [3.8, 4) is 5.75 Å². The maximum atomic E-state index is 12.6. The standard InChI is InChI=1S/C21H26N4O4/c1-23-10-12-24(13-11-23)20(16-6-8-19(29-2)9-7-16)15-22-21(26)17-4-3-5-18(14-17)25(27)28/h3-9,14,20H,10-13,15H2,1-2H3,(H,22,26). The summed E-state index contributed by atoms with van der Waals surface area (Å²) in [5, 5.41) is 13.9. The van der Waals surface area contributed by atoms with Gasteiger partial charge in [-0.15, -0.1) is 0 Å². The van der Waals surface area contributed by atoms with Crippen LogP contribution in [0.2, 0.25) is 0 Å². The molecule has 154 valence electrons. The number of likely N-dealkylation sites (N-methyl/N-ethyl adjacent to an activating group) is 1. The number of benzene rings is 2. The molecule has 0 aliphatic carbocycles. The zero-order chi connectivity index (χ0) is 20.8. The van der Waals surface area contributed by atoms with Crippen molar-refractivity contribution in [3.05, 3.63) is 69.8 Å². The monoisotopic (exact) mass is 398 g/mol. The second kappa shape index (κ2) is 9.49. The molecule has 8 nitrogen and oxygen atoms in total. The largest absolute Gasteiger partial charge is 0.497 e. The summed E-state index contributed by atoms with van der Waals surface area (Å²) in [6.07, 6.45) is 0. The highest BCUT2D eigenvalue weighted by Crippen LogP contribution is 2.24. The first-order valence-electron chi connectivity index (χ1n) is 9.57. The van der Waals surface area contributed by atoms with Gasteiger partial charge in [0.05, 0.1) is 18.1 Å². The SMILES string of the molecule is COc1ccc(C(CNC(=O)c2cccc([N+](=O)[O-])c2)N2CCN(C)CC2)cc1. The molecule has 0 radical (unpaired) electrons. The van der Waals surface area contributed by atoms with E-state index in [9.17, 15) is 14.9 Å². The molecule has 0 spiro atoms. The molecule has 1 heterocycles. The zero-order valence-corrected chi connectivity index (χ0v) is 16.7. The van der Waals surface area contributed by atoms with Gasteiger partial charge in [-0.25, -0.2) is 0 Å². The van der Waals surface area contributed by atoms with E-state index in [0.29, 0.717) is 6.54 Å². The Morgan fingerprint density at radius 3 is 2.48 bits per heavy atom.